The van der Waals surface area contributed by atoms with Crippen LogP contribution in [-0.2, 0) is 6.54 Å². The molecular formula is C12H12Br2N4S. The second-order valence-electron chi connectivity index (χ2n) is 4.10. The summed E-state index contributed by atoms with van der Waals surface area (Å²) in [6.07, 6.45) is 1.96. The Hall–Kier alpha value is -0.920. The van der Waals surface area contributed by atoms with E-state index in [1.807, 2.05) is 29.0 Å². The number of pyridine rings is 1. The molecule has 19 heavy (non-hydrogen) atoms. The van der Waals surface area contributed by atoms with Crippen LogP contribution in [0.4, 0.5) is 5.82 Å². The van der Waals surface area contributed by atoms with Crippen molar-refractivity contribution in [2.45, 2.75) is 13.5 Å². The zero-order valence-electron chi connectivity index (χ0n) is 10.2. The van der Waals surface area contributed by atoms with Crippen molar-refractivity contribution in [3.8, 4) is 0 Å². The van der Waals surface area contributed by atoms with E-state index >= 15 is 0 Å². The summed E-state index contributed by atoms with van der Waals surface area (Å²) in [6.45, 7) is 2.74. The van der Waals surface area contributed by atoms with Gasteiger partial charge in [-0.1, -0.05) is 6.07 Å². The lowest BCUT2D eigenvalue weighted by Gasteiger charge is -2.01. The molecule has 0 unspecified atom stereocenters. The lowest BCUT2D eigenvalue weighted by atomic mass is 10.4. The van der Waals surface area contributed by atoms with Gasteiger partial charge in [0.1, 0.15) is 16.8 Å². The highest BCUT2D eigenvalue weighted by Gasteiger charge is 2.15. The number of imidazole rings is 1. The van der Waals surface area contributed by atoms with Gasteiger partial charge in [-0.2, -0.15) is 0 Å². The SMILES string of the molecule is Cc1csc2nc(C[n+]3ccccc3N)c(Br)n12.[Br-]. The Morgan fingerprint density at radius 1 is 1.47 bits per heavy atom. The maximum Gasteiger partial charge on any atom is 0.272 e. The summed E-state index contributed by atoms with van der Waals surface area (Å²) in [7, 11) is 0. The fourth-order valence-corrected chi connectivity index (χ4v) is 3.56. The summed E-state index contributed by atoms with van der Waals surface area (Å²) in [5.74, 6) is 0.734. The number of thiazole rings is 1. The number of rotatable bonds is 2. The third kappa shape index (κ3) is 2.54. The van der Waals surface area contributed by atoms with E-state index in [1.165, 1.54) is 5.69 Å². The van der Waals surface area contributed by atoms with Gasteiger partial charge in [-0.15, -0.1) is 11.3 Å². The van der Waals surface area contributed by atoms with Crippen molar-refractivity contribution < 1.29 is 21.5 Å². The minimum atomic E-state index is 0. The first-order valence-electron chi connectivity index (χ1n) is 5.51. The minimum absolute atomic E-state index is 0. The van der Waals surface area contributed by atoms with Crippen LogP contribution in [0.1, 0.15) is 11.4 Å². The van der Waals surface area contributed by atoms with E-state index in [0.29, 0.717) is 6.54 Å². The van der Waals surface area contributed by atoms with Crippen LogP contribution in [0.3, 0.4) is 0 Å². The molecule has 4 nitrogen and oxygen atoms in total. The number of hydrogen-bond acceptors (Lipinski definition) is 3. The quantitative estimate of drug-likeness (QED) is 0.580. The monoisotopic (exact) mass is 402 g/mol. The zero-order valence-corrected chi connectivity index (χ0v) is 14.2. The molecule has 2 N–H and O–H groups in total. The van der Waals surface area contributed by atoms with Crippen LogP contribution in [0.25, 0.3) is 4.96 Å². The molecule has 0 radical (unpaired) electrons. The van der Waals surface area contributed by atoms with Gasteiger partial charge in [-0.05, 0) is 28.9 Å². The predicted molar refractivity (Wildman–Crippen MR) is 75.7 cm³/mol. The molecule has 0 amide bonds. The molecule has 100 valence electrons. The topological polar surface area (TPSA) is 47.2 Å². The van der Waals surface area contributed by atoms with Gasteiger partial charge in [0.05, 0.1) is 6.20 Å². The second-order valence-corrected chi connectivity index (χ2v) is 5.69. The highest BCUT2D eigenvalue weighted by Crippen LogP contribution is 2.24. The Bertz CT molecular complexity index is 720. The highest BCUT2D eigenvalue weighted by atomic mass is 79.9. The van der Waals surface area contributed by atoms with E-state index in [9.17, 15) is 0 Å². The first-order valence-corrected chi connectivity index (χ1v) is 7.19. The number of halogens is 2. The Morgan fingerprint density at radius 2 is 2.26 bits per heavy atom. The molecule has 7 heteroatoms. The number of aryl methyl sites for hydroxylation is 1. The lowest BCUT2D eigenvalue weighted by molar-refractivity contribution is -0.674. The van der Waals surface area contributed by atoms with Crippen molar-refractivity contribution in [1.29, 1.82) is 0 Å². The van der Waals surface area contributed by atoms with Crippen LogP contribution in [0, 0.1) is 6.92 Å². The van der Waals surface area contributed by atoms with Crippen molar-refractivity contribution in [1.82, 2.24) is 9.38 Å². The number of anilines is 1. The molecule has 0 aliphatic heterocycles. The summed E-state index contributed by atoms with van der Waals surface area (Å²) in [4.78, 5) is 5.63. The highest BCUT2D eigenvalue weighted by molar-refractivity contribution is 9.10. The summed E-state index contributed by atoms with van der Waals surface area (Å²) in [6, 6.07) is 5.78. The molecule has 0 fully saturated rings. The van der Waals surface area contributed by atoms with Crippen molar-refractivity contribution in [3.63, 3.8) is 0 Å². The molecule has 0 aromatic carbocycles. The average Bonchev–Trinajstić information content (AvgIpc) is 2.85. The first kappa shape index (κ1) is 14.5. The molecule has 0 atom stereocenters. The van der Waals surface area contributed by atoms with Gasteiger partial charge in [0.25, 0.3) is 5.82 Å². The number of nitrogens with two attached hydrogens (primary N) is 1. The number of hydrogen-bond donors (Lipinski definition) is 1. The van der Waals surface area contributed by atoms with Gasteiger partial charge < -0.3 is 17.0 Å². The van der Waals surface area contributed by atoms with Gasteiger partial charge in [0.2, 0.25) is 0 Å². The Labute approximate surface area is 133 Å². The summed E-state index contributed by atoms with van der Waals surface area (Å²) in [5, 5.41) is 2.10. The maximum atomic E-state index is 5.93. The molecule has 0 saturated carbocycles. The van der Waals surface area contributed by atoms with Crippen LogP contribution in [0.5, 0.6) is 0 Å². The number of nitrogen functional groups attached to an aromatic ring is 1. The smallest absolute Gasteiger partial charge is 0.272 e. The minimum Gasteiger partial charge on any atom is -1.00 e. The summed E-state index contributed by atoms with van der Waals surface area (Å²) < 4.78 is 5.10. The Balaban J connectivity index is 0.00000133. The molecule has 0 spiro atoms. The van der Waals surface area contributed by atoms with E-state index in [2.05, 4.69) is 37.6 Å². The third-order valence-corrected chi connectivity index (χ3v) is 4.60. The molecular weight excluding hydrogens is 392 g/mol. The van der Waals surface area contributed by atoms with E-state index in [1.54, 1.807) is 11.3 Å². The third-order valence-electron chi connectivity index (χ3n) is 2.84. The Morgan fingerprint density at radius 3 is 2.95 bits per heavy atom. The van der Waals surface area contributed by atoms with E-state index < -0.39 is 0 Å². The number of nitrogens with zero attached hydrogens (tertiary/aromatic N) is 3. The maximum absolute atomic E-state index is 5.93. The number of fused-ring (bicyclic) bond motifs is 1. The van der Waals surface area contributed by atoms with Crippen molar-refractivity contribution in [3.05, 3.63) is 45.8 Å². The van der Waals surface area contributed by atoms with Gasteiger partial charge in [0.15, 0.2) is 4.96 Å². The summed E-state index contributed by atoms with van der Waals surface area (Å²) >= 11 is 5.26. The van der Waals surface area contributed by atoms with Crippen LogP contribution in [-0.4, -0.2) is 9.38 Å². The first-order chi connectivity index (χ1) is 8.66. The van der Waals surface area contributed by atoms with Crippen molar-refractivity contribution in [2.24, 2.45) is 0 Å². The molecule has 0 aliphatic carbocycles. The van der Waals surface area contributed by atoms with Crippen molar-refractivity contribution >= 4 is 38.0 Å². The number of aromatic nitrogens is 3. The van der Waals surface area contributed by atoms with Gasteiger partial charge in [-0.25, -0.2) is 9.55 Å². The molecule has 0 aliphatic rings. The van der Waals surface area contributed by atoms with Crippen LogP contribution in [0.2, 0.25) is 0 Å². The molecule has 3 rings (SSSR count). The van der Waals surface area contributed by atoms with E-state index in [4.69, 9.17) is 5.73 Å². The van der Waals surface area contributed by atoms with Crippen LogP contribution >= 0.6 is 27.3 Å². The average molecular weight is 404 g/mol. The van der Waals surface area contributed by atoms with Crippen LogP contribution in [0.15, 0.2) is 34.4 Å². The zero-order chi connectivity index (χ0) is 12.7. The fourth-order valence-electron chi connectivity index (χ4n) is 1.90. The Kier molecular flexibility index (Phi) is 4.27. The largest absolute Gasteiger partial charge is 1.00 e. The van der Waals surface area contributed by atoms with Crippen LogP contribution < -0.4 is 27.3 Å². The van der Waals surface area contributed by atoms with Gasteiger partial charge in [-0.3, -0.25) is 10.1 Å². The molecule has 3 heterocycles. The lowest BCUT2D eigenvalue weighted by Crippen LogP contribution is -3.00. The van der Waals surface area contributed by atoms with E-state index in [-0.39, 0.29) is 17.0 Å². The predicted octanol–water partition coefficient (Wildman–Crippen LogP) is -0.611. The molecule has 0 saturated heterocycles. The van der Waals surface area contributed by atoms with E-state index in [0.717, 1.165) is 21.1 Å². The van der Waals surface area contributed by atoms with Gasteiger partial charge in [0, 0.05) is 17.1 Å². The normalized spacial score (nSPS) is 10.6. The molecule has 0 bridgehead atoms. The standard InChI is InChI=1S/C12H11BrN4S.BrH/c1-8-7-18-12-15-9(11(13)17(8)12)6-16-5-3-2-4-10(16)14;/h2-5,7,14H,6H2,1H3;1H. The van der Waals surface area contributed by atoms with Gasteiger partial charge >= 0.3 is 0 Å². The molecule has 3 aromatic heterocycles. The summed E-state index contributed by atoms with van der Waals surface area (Å²) in [5.41, 5.74) is 8.11. The second kappa shape index (κ2) is 5.60. The molecule has 3 aromatic rings. The fraction of sp³-hybridized carbons (Fsp3) is 0.167. The van der Waals surface area contributed by atoms with Crippen molar-refractivity contribution in [2.75, 3.05) is 5.73 Å².